The van der Waals surface area contributed by atoms with Crippen molar-refractivity contribution in [1.29, 1.82) is 0 Å². The highest BCUT2D eigenvalue weighted by Crippen LogP contribution is 2.22. The summed E-state index contributed by atoms with van der Waals surface area (Å²) >= 11 is 1.54. The molecule has 0 atom stereocenters. The fourth-order valence-corrected chi connectivity index (χ4v) is 2.95. The van der Waals surface area contributed by atoms with Crippen molar-refractivity contribution < 1.29 is 9.53 Å². The summed E-state index contributed by atoms with van der Waals surface area (Å²) in [6.07, 6.45) is 0. The molecule has 0 aliphatic rings. The molecule has 0 saturated carbocycles. The number of esters is 1. The van der Waals surface area contributed by atoms with Crippen LogP contribution in [-0.4, -0.2) is 32.8 Å². The van der Waals surface area contributed by atoms with Gasteiger partial charge in [0.15, 0.2) is 0 Å². The zero-order valence-electron chi connectivity index (χ0n) is 13.1. The second-order valence-corrected chi connectivity index (χ2v) is 5.86. The van der Waals surface area contributed by atoms with E-state index in [4.69, 9.17) is 4.74 Å². The van der Waals surface area contributed by atoms with E-state index in [-0.39, 0.29) is 5.97 Å². The second kappa shape index (κ2) is 7.74. The first-order valence-electron chi connectivity index (χ1n) is 7.50. The van der Waals surface area contributed by atoms with Gasteiger partial charge in [0.1, 0.15) is 0 Å². The van der Waals surface area contributed by atoms with Gasteiger partial charge in [-0.25, -0.2) is 4.79 Å². The number of thioether (sulfide) groups is 1. The van der Waals surface area contributed by atoms with Crippen LogP contribution in [0.2, 0.25) is 0 Å². The molecule has 0 saturated heterocycles. The maximum atomic E-state index is 11.6. The average Bonchev–Trinajstić information content (AvgIpc) is 3.10. The molecule has 122 valence electrons. The Morgan fingerprint density at radius 1 is 1.12 bits per heavy atom. The molecule has 0 fully saturated rings. The highest BCUT2D eigenvalue weighted by Gasteiger charge is 2.10. The molecule has 0 unspecified atom stereocenters. The molecule has 0 N–H and O–H groups in total. The molecule has 3 aromatic rings. The molecule has 0 spiro atoms. The first kappa shape index (κ1) is 16.2. The number of ether oxygens (including phenoxy) is 1. The number of benzene rings is 2. The van der Waals surface area contributed by atoms with Crippen LogP contribution in [0.5, 0.6) is 0 Å². The number of rotatable bonds is 6. The third kappa shape index (κ3) is 3.80. The molecule has 0 aliphatic carbocycles. The van der Waals surface area contributed by atoms with Gasteiger partial charge in [0, 0.05) is 5.75 Å². The Morgan fingerprint density at radius 2 is 1.88 bits per heavy atom. The van der Waals surface area contributed by atoms with Gasteiger partial charge >= 0.3 is 5.97 Å². The van der Waals surface area contributed by atoms with Crippen LogP contribution in [0.3, 0.4) is 0 Å². The summed E-state index contributed by atoms with van der Waals surface area (Å²) < 4.78 is 6.68. The zero-order valence-corrected chi connectivity index (χ0v) is 13.9. The highest BCUT2D eigenvalue weighted by atomic mass is 32.2. The normalized spacial score (nSPS) is 10.5. The summed E-state index contributed by atoms with van der Waals surface area (Å²) in [5.41, 5.74) is 2.55. The molecule has 0 aliphatic heterocycles. The minimum atomic E-state index is -0.301. The lowest BCUT2D eigenvalue weighted by Gasteiger charge is -2.05. The number of hydrogen-bond donors (Lipinski definition) is 0. The summed E-state index contributed by atoms with van der Waals surface area (Å²) in [6.45, 7) is 2.17. The number of nitrogens with zero attached hydrogens (tertiary/aromatic N) is 4. The summed E-state index contributed by atoms with van der Waals surface area (Å²) in [4.78, 5) is 11.6. The third-order valence-corrected chi connectivity index (χ3v) is 4.27. The van der Waals surface area contributed by atoms with Crippen molar-refractivity contribution >= 4 is 17.7 Å². The van der Waals surface area contributed by atoms with Crippen LogP contribution in [0, 0.1) is 0 Å². The highest BCUT2D eigenvalue weighted by molar-refractivity contribution is 7.98. The summed E-state index contributed by atoms with van der Waals surface area (Å²) in [5.74, 6) is 0.403. The van der Waals surface area contributed by atoms with E-state index in [0.717, 1.165) is 16.4 Å². The molecular weight excluding hydrogens is 324 g/mol. The molecular formula is C17H16N4O2S. The van der Waals surface area contributed by atoms with Gasteiger partial charge in [-0.3, -0.25) is 0 Å². The van der Waals surface area contributed by atoms with Crippen molar-refractivity contribution in [1.82, 2.24) is 20.2 Å². The van der Waals surface area contributed by atoms with E-state index >= 15 is 0 Å². The predicted molar refractivity (Wildman–Crippen MR) is 91.1 cm³/mol. The van der Waals surface area contributed by atoms with Gasteiger partial charge in [0.25, 0.3) is 0 Å². The smallest absolute Gasteiger partial charge is 0.338 e. The molecule has 2 aromatic carbocycles. The van der Waals surface area contributed by atoms with Crippen molar-refractivity contribution in [3.8, 4) is 5.69 Å². The van der Waals surface area contributed by atoms with E-state index in [1.165, 1.54) is 11.8 Å². The van der Waals surface area contributed by atoms with Crippen LogP contribution < -0.4 is 0 Å². The van der Waals surface area contributed by atoms with Crippen LogP contribution in [0.25, 0.3) is 5.69 Å². The number of aromatic nitrogens is 4. The standard InChI is InChI=1S/C17H16N4O2S/c1-2-23-16(22)14-10-8-13(9-11-14)12-24-17-18-19-20-21(17)15-6-4-3-5-7-15/h3-11H,2,12H2,1H3. The van der Waals surface area contributed by atoms with Crippen molar-refractivity contribution in [2.24, 2.45) is 0 Å². The van der Waals surface area contributed by atoms with Crippen molar-refractivity contribution in [2.45, 2.75) is 17.8 Å². The minimum Gasteiger partial charge on any atom is -0.462 e. The quantitative estimate of drug-likeness (QED) is 0.507. The number of carbonyl (C=O) groups is 1. The van der Waals surface area contributed by atoms with Gasteiger partial charge in [0.2, 0.25) is 5.16 Å². The van der Waals surface area contributed by atoms with Gasteiger partial charge in [-0.1, -0.05) is 42.1 Å². The Bertz CT molecular complexity index is 803. The largest absolute Gasteiger partial charge is 0.462 e. The Morgan fingerprint density at radius 3 is 2.58 bits per heavy atom. The maximum absolute atomic E-state index is 11.6. The summed E-state index contributed by atoms with van der Waals surface area (Å²) in [6, 6.07) is 17.1. The van der Waals surface area contributed by atoms with E-state index in [1.807, 2.05) is 42.5 Å². The van der Waals surface area contributed by atoms with E-state index in [1.54, 1.807) is 23.7 Å². The number of tetrazole rings is 1. The monoisotopic (exact) mass is 340 g/mol. The Balaban J connectivity index is 1.67. The number of para-hydroxylation sites is 1. The van der Waals surface area contributed by atoms with Crippen LogP contribution in [0.1, 0.15) is 22.8 Å². The minimum absolute atomic E-state index is 0.301. The molecule has 0 bridgehead atoms. The van der Waals surface area contributed by atoms with Crippen molar-refractivity contribution in [3.63, 3.8) is 0 Å². The molecule has 1 heterocycles. The number of carbonyl (C=O) groups excluding carboxylic acids is 1. The van der Waals surface area contributed by atoms with Crippen molar-refractivity contribution in [2.75, 3.05) is 6.61 Å². The molecule has 1 aromatic heterocycles. The first-order chi connectivity index (χ1) is 11.8. The van der Waals surface area contributed by atoms with Crippen LogP contribution in [-0.2, 0) is 10.5 Å². The summed E-state index contributed by atoms with van der Waals surface area (Å²) in [5, 5.41) is 12.6. The van der Waals surface area contributed by atoms with Gasteiger partial charge in [0.05, 0.1) is 17.9 Å². The molecule has 3 rings (SSSR count). The lowest BCUT2D eigenvalue weighted by Crippen LogP contribution is -2.04. The van der Waals surface area contributed by atoms with Crippen LogP contribution in [0.15, 0.2) is 59.8 Å². The lowest BCUT2D eigenvalue weighted by molar-refractivity contribution is 0.0526. The zero-order chi connectivity index (χ0) is 16.8. The predicted octanol–water partition coefficient (Wildman–Crippen LogP) is 3.13. The molecule has 24 heavy (non-hydrogen) atoms. The van der Waals surface area contributed by atoms with E-state index in [9.17, 15) is 4.79 Å². The van der Waals surface area contributed by atoms with Crippen LogP contribution >= 0.6 is 11.8 Å². The lowest BCUT2D eigenvalue weighted by atomic mass is 10.1. The van der Waals surface area contributed by atoms with E-state index in [2.05, 4.69) is 15.5 Å². The first-order valence-corrected chi connectivity index (χ1v) is 8.49. The second-order valence-electron chi connectivity index (χ2n) is 4.91. The fraction of sp³-hybridized carbons (Fsp3) is 0.176. The van der Waals surface area contributed by atoms with Gasteiger partial charge < -0.3 is 4.74 Å². The van der Waals surface area contributed by atoms with E-state index < -0.39 is 0 Å². The molecule has 0 radical (unpaired) electrons. The topological polar surface area (TPSA) is 69.9 Å². The Hall–Kier alpha value is -2.67. The molecule has 0 amide bonds. The van der Waals surface area contributed by atoms with E-state index in [0.29, 0.717) is 17.9 Å². The molecule has 6 nitrogen and oxygen atoms in total. The van der Waals surface area contributed by atoms with Gasteiger partial charge in [-0.2, -0.15) is 4.68 Å². The molecule has 7 heteroatoms. The van der Waals surface area contributed by atoms with Crippen molar-refractivity contribution in [3.05, 3.63) is 65.7 Å². The van der Waals surface area contributed by atoms with Gasteiger partial charge in [-0.15, -0.1) is 5.10 Å². The average molecular weight is 340 g/mol. The summed E-state index contributed by atoms with van der Waals surface area (Å²) in [7, 11) is 0. The Kier molecular flexibility index (Phi) is 5.22. The fourth-order valence-electron chi connectivity index (χ4n) is 2.10. The Labute approximate surface area is 143 Å². The number of hydrogen-bond acceptors (Lipinski definition) is 6. The van der Waals surface area contributed by atoms with Crippen LogP contribution in [0.4, 0.5) is 0 Å². The van der Waals surface area contributed by atoms with Gasteiger partial charge in [-0.05, 0) is 47.2 Å². The SMILES string of the molecule is CCOC(=O)c1ccc(CSc2nnnn2-c2ccccc2)cc1. The maximum Gasteiger partial charge on any atom is 0.338 e. The third-order valence-electron chi connectivity index (χ3n) is 3.27.